The Morgan fingerprint density at radius 1 is 1.21 bits per heavy atom. The molecule has 0 N–H and O–H groups in total. The fourth-order valence-electron chi connectivity index (χ4n) is 4.08. The minimum atomic E-state index is 0.409. The van der Waals surface area contributed by atoms with Crippen LogP contribution in [0.1, 0.15) is 51.9 Å². The second kappa shape index (κ2) is 5.72. The number of ether oxygens (including phenoxy) is 1. The van der Waals surface area contributed by atoms with Gasteiger partial charge in [0.05, 0.1) is 6.10 Å². The SMILES string of the molecule is CCOC1CC(CC(=O)N2C3CCC2CC(Br)C3)C1. The highest BCUT2D eigenvalue weighted by Gasteiger charge is 2.43. The minimum absolute atomic E-state index is 0.409. The van der Waals surface area contributed by atoms with Crippen molar-refractivity contribution in [3.05, 3.63) is 0 Å². The zero-order valence-electron chi connectivity index (χ0n) is 11.7. The molecule has 3 aliphatic rings. The molecule has 2 unspecified atom stereocenters. The molecule has 0 aromatic rings. The Balaban J connectivity index is 1.49. The van der Waals surface area contributed by atoms with E-state index >= 15 is 0 Å². The Morgan fingerprint density at radius 3 is 2.42 bits per heavy atom. The van der Waals surface area contributed by atoms with Crippen molar-refractivity contribution in [2.45, 2.75) is 74.9 Å². The monoisotopic (exact) mass is 329 g/mol. The summed E-state index contributed by atoms with van der Waals surface area (Å²) >= 11 is 3.73. The van der Waals surface area contributed by atoms with E-state index in [1.165, 1.54) is 12.8 Å². The quantitative estimate of drug-likeness (QED) is 0.741. The van der Waals surface area contributed by atoms with E-state index in [1.807, 2.05) is 6.92 Å². The molecule has 2 heterocycles. The van der Waals surface area contributed by atoms with Gasteiger partial charge in [-0.05, 0) is 51.4 Å². The van der Waals surface area contributed by atoms with E-state index in [-0.39, 0.29) is 0 Å². The Morgan fingerprint density at radius 2 is 1.84 bits per heavy atom. The number of alkyl halides is 1. The van der Waals surface area contributed by atoms with Crippen LogP contribution in [0.15, 0.2) is 0 Å². The van der Waals surface area contributed by atoms with Crippen LogP contribution in [-0.4, -0.2) is 40.4 Å². The lowest BCUT2D eigenvalue weighted by molar-refractivity contribution is -0.138. The molecule has 3 fully saturated rings. The zero-order valence-corrected chi connectivity index (χ0v) is 13.3. The fourth-order valence-corrected chi connectivity index (χ4v) is 4.95. The first-order valence-corrected chi connectivity index (χ1v) is 8.65. The van der Waals surface area contributed by atoms with Gasteiger partial charge in [-0.3, -0.25) is 4.79 Å². The van der Waals surface area contributed by atoms with Gasteiger partial charge in [-0.25, -0.2) is 0 Å². The maximum absolute atomic E-state index is 12.5. The molecule has 0 radical (unpaired) electrons. The maximum Gasteiger partial charge on any atom is 0.223 e. The van der Waals surface area contributed by atoms with Gasteiger partial charge in [-0.15, -0.1) is 0 Å². The van der Waals surface area contributed by atoms with E-state index in [1.54, 1.807) is 0 Å². The zero-order chi connectivity index (χ0) is 13.4. The van der Waals surface area contributed by atoms with Crippen LogP contribution in [0.5, 0.6) is 0 Å². The van der Waals surface area contributed by atoms with Crippen molar-refractivity contribution in [1.29, 1.82) is 0 Å². The molecule has 2 saturated heterocycles. The van der Waals surface area contributed by atoms with Gasteiger partial charge in [0.15, 0.2) is 0 Å². The number of piperidine rings is 1. The highest BCUT2D eigenvalue weighted by molar-refractivity contribution is 9.09. The predicted molar refractivity (Wildman–Crippen MR) is 78.4 cm³/mol. The average Bonchev–Trinajstić information content (AvgIpc) is 2.59. The first-order chi connectivity index (χ1) is 9.17. The van der Waals surface area contributed by atoms with Crippen LogP contribution >= 0.6 is 15.9 Å². The molecule has 3 rings (SSSR count). The summed E-state index contributed by atoms with van der Waals surface area (Å²) in [5.74, 6) is 0.983. The second-order valence-electron chi connectivity index (χ2n) is 6.37. The molecule has 3 nitrogen and oxygen atoms in total. The summed E-state index contributed by atoms with van der Waals surface area (Å²) in [6.07, 6.45) is 8.07. The average molecular weight is 330 g/mol. The Kier molecular flexibility index (Phi) is 4.18. The van der Waals surface area contributed by atoms with E-state index < -0.39 is 0 Å². The van der Waals surface area contributed by atoms with Crippen molar-refractivity contribution in [3.63, 3.8) is 0 Å². The topological polar surface area (TPSA) is 29.5 Å². The fraction of sp³-hybridized carbons (Fsp3) is 0.933. The van der Waals surface area contributed by atoms with E-state index in [0.717, 1.165) is 38.7 Å². The van der Waals surface area contributed by atoms with Crippen LogP contribution < -0.4 is 0 Å². The summed E-state index contributed by atoms with van der Waals surface area (Å²) in [5, 5.41) is 0. The predicted octanol–water partition coefficient (Wildman–Crippen LogP) is 3.11. The van der Waals surface area contributed by atoms with Gasteiger partial charge >= 0.3 is 0 Å². The Labute approximate surface area is 124 Å². The number of halogens is 1. The van der Waals surface area contributed by atoms with Gasteiger partial charge < -0.3 is 9.64 Å². The summed E-state index contributed by atoms with van der Waals surface area (Å²) in [6, 6.07) is 1.02. The number of carbonyl (C=O) groups is 1. The molecule has 1 saturated carbocycles. The van der Waals surface area contributed by atoms with Gasteiger partial charge in [0.25, 0.3) is 0 Å². The van der Waals surface area contributed by atoms with E-state index in [0.29, 0.717) is 34.8 Å². The number of hydrogen-bond donors (Lipinski definition) is 0. The second-order valence-corrected chi connectivity index (χ2v) is 7.67. The normalized spacial score (nSPS) is 41.2. The van der Waals surface area contributed by atoms with Gasteiger partial charge in [-0.2, -0.15) is 0 Å². The molecule has 1 amide bonds. The molecule has 2 bridgehead atoms. The molecule has 108 valence electrons. The molecule has 0 aromatic heterocycles. The van der Waals surface area contributed by atoms with Crippen molar-refractivity contribution in [2.24, 2.45) is 5.92 Å². The molecule has 19 heavy (non-hydrogen) atoms. The van der Waals surface area contributed by atoms with Crippen LogP contribution in [0.4, 0.5) is 0 Å². The molecular formula is C15H24BrNO2. The lowest BCUT2D eigenvalue weighted by Gasteiger charge is -2.40. The van der Waals surface area contributed by atoms with Crippen LogP contribution in [0.3, 0.4) is 0 Å². The number of nitrogens with zero attached hydrogens (tertiary/aromatic N) is 1. The van der Waals surface area contributed by atoms with Gasteiger partial charge in [0, 0.05) is 29.9 Å². The number of rotatable bonds is 4. The van der Waals surface area contributed by atoms with Gasteiger partial charge in [-0.1, -0.05) is 15.9 Å². The van der Waals surface area contributed by atoms with E-state index in [2.05, 4.69) is 20.8 Å². The third-order valence-corrected chi connectivity index (χ3v) is 5.77. The lowest BCUT2D eigenvalue weighted by atomic mass is 9.79. The largest absolute Gasteiger partial charge is 0.378 e. The van der Waals surface area contributed by atoms with Crippen LogP contribution in [0, 0.1) is 5.92 Å². The van der Waals surface area contributed by atoms with Crippen molar-refractivity contribution < 1.29 is 9.53 Å². The van der Waals surface area contributed by atoms with Crippen LogP contribution in [-0.2, 0) is 9.53 Å². The molecule has 0 spiro atoms. The molecule has 2 aliphatic heterocycles. The maximum atomic E-state index is 12.5. The smallest absolute Gasteiger partial charge is 0.223 e. The molecule has 2 atom stereocenters. The number of hydrogen-bond acceptors (Lipinski definition) is 2. The Hall–Kier alpha value is -0.0900. The molecule has 1 aliphatic carbocycles. The standard InChI is InChI=1S/C15H24BrNO2/c1-2-19-14-5-10(6-14)7-15(18)17-12-3-4-13(17)9-11(16)8-12/h10-14H,2-9H2,1H3. The first-order valence-electron chi connectivity index (χ1n) is 7.74. The number of fused-ring (bicyclic) bond motifs is 2. The van der Waals surface area contributed by atoms with Gasteiger partial charge in [0.2, 0.25) is 5.91 Å². The Bertz CT molecular complexity index is 329. The van der Waals surface area contributed by atoms with Crippen molar-refractivity contribution >= 4 is 21.8 Å². The van der Waals surface area contributed by atoms with Crippen molar-refractivity contribution in [2.75, 3.05) is 6.61 Å². The highest BCUT2D eigenvalue weighted by atomic mass is 79.9. The van der Waals surface area contributed by atoms with E-state index in [4.69, 9.17) is 4.74 Å². The molecule has 4 heteroatoms. The molecular weight excluding hydrogens is 306 g/mol. The van der Waals surface area contributed by atoms with Crippen molar-refractivity contribution in [3.8, 4) is 0 Å². The highest BCUT2D eigenvalue weighted by Crippen LogP contribution is 2.40. The number of carbonyl (C=O) groups excluding carboxylic acids is 1. The lowest BCUT2D eigenvalue weighted by Crippen LogP contribution is -2.48. The summed E-state index contributed by atoms with van der Waals surface area (Å²) in [7, 11) is 0. The summed E-state index contributed by atoms with van der Waals surface area (Å²) < 4.78 is 5.57. The summed E-state index contributed by atoms with van der Waals surface area (Å²) in [5.41, 5.74) is 0. The number of amides is 1. The summed E-state index contributed by atoms with van der Waals surface area (Å²) in [6.45, 7) is 2.84. The van der Waals surface area contributed by atoms with E-state index in [9.17, 15) is 4.79 Å². The van der Waals surface area contributed by atoms with Crippen molar-refractivity contribution in [1.82, 2.24) is 4.90 Å². The molecule has 0 aromatic carbocycles. The van der Waals surface area contributed by atoms with Gasteiger partial charge in [0.1, 0.15) is 0 Å². The third kappa shape index (κ3) is 2.85. The van der Waals surface area contributed by atoms with Crippen LogP contribution in [0.25, 0.3) is 0 Å². The first kappa shape index (κ1) is 13.9. The third-order valence-electron chi connectivity index (χ3n) is 5.02. The van der Waals surface area contributed by atoms with Crippen LogP contribution in [0.2, 0.25) is 0 Å². The minimum Gasteiger partial charge on any atom is -0.378 e. The summed E-state index contributed by atoms with van der Waals surface area (Å²) in [4.78, 5) is 15.4.